The minimum atomic E-state index is -0.128. The fourth-order valence-corrected chi connectivity index (χ4v) is 17.3. The average molecular weight is 1580 g/mol. The van der Waals surface area contributed by atoms with E-state index in [0.717, 1.165) is 174 Å². The second-order valence-electron chi connectivity index (χ2n) is 43.1. The SMILES string of the molecule is CC(C)(C)c1cc(-c2cccc(-c3nnc4c(n3)C(C)(C)CCC4(C)C)n2)nc(-c2nnc3c(n2)C(C)(C)CCC3(C)C)c1.CC1(C)CCC(C)(C)c2nc(-c3cccc(-c4cccc(-c5nnc6c(n5)C(C)(C)CCC6(C)C)n4)n3)nnc21.CC1(C)CCC(C)(C)c2nc(-c3cccc(-c4nnc5c(n4)C(C)(C)CCC5(C)C)n3)nnc21. The first kappa shape index (κ1) is 82.9. The highest BCUT2D eigenvalue weighted by atomic mass is 15.2. The second kappa shape index (κ2) is 28.8. The molecule has 11 heterocycles. The van der Waals surface area contributed by atoms with Crippen LogP contribution in [0.5, 0.6) is 0 Å². The second-order valence-corrected chi connectivity index (χ2v) is 43.1. The summed E-state index contributed by atoms with van der Waals surface area (Å²) in [5.74, 6) is 3.24. The van der Waals surface area contributed by atoms with Crippen LogP contribution in [0.2, 0.25) is 0 Å². The van der Waals surface area contributed by atoms with Gasteiger partial charge in [-0.15, -0.1) is 30.6 Å². The fourth-order valence-electron chi connectivity index (χ4n) is 17.3. The molecule has 23 heteroatoms. The van der Waals surface area contributed by atoms with Crippen LogP contribution in [-0.4, -0.2) is 116 Å². The molecule has 0 atom stereocenters. The number of nitrogens with zero attached hydrogens (tertiary/aromatic N) is 23. The van der Waals surface area contributed by atoms with E-state index < -0.39 is 0 Å². The smallest absolute Gasteiger partial charge is 0.200 e. The molecule has 0 bridgehead atoms. The van der Waals surface area contributed by atoms with Gasteiger partial charge in [0.05, 0.1) is 91.1 Å². The molecular weight excluding hydrogens is 1460 g/mol. The zero-order valence-corrected chi connectivity index (χ0v) is 74.9. The van der Waals surface area contributed by atoms with Gasteiger partial charge in [-0.2, -0.15) is 30.6 Å². The van der Waals surface area contributed by atoms with Crippen molar-refractivity contribution in [2.24, 2.45) is 0 Å². The van der Waals surface area contributed by atoms with Crippen molar-refractivity contribution in [1.82, 2.24) is 116 Å². The molecule has 0 aliphatic heterocycles. The Balaban J connectivity index is 0.000000140. The van der Waals surface area contributed by atoms with Gasteiger partial charge < -0.3 is 0 Å². The highest BCUT2D eigenvalue weighted by molar-refractivity contribution is 5.67. The van der Waals surface area contributed by atoms with E-state index in [2.05, 4.69) is 250 Å². The van der Waals surface area contributed by atoms with Gasteiger partial charge in [-0.05, 0) is 149 Å². The highest BCUT2D eigenvalue weighted by Crippen LogP contribution is 2.51. The van der Waals surface area contributed by atoms with E-state index in [0.29, 0.717) is 69.1 Å². The van der Waals surface area contributed by atoms with Crippen molar-refractivity contribution in [3.8, 4) is 91.9 Å². The predicted molar refractivity (Wildman–Crippen MR) is 463 cm³/mol. The molecule has 17 rings (SSSR count). The molecule has 0 saturated carbocycles. The van der Waals surface area contributed by atoms with Gasteiger partial charge in [0.2, 0.25) is 34.9 Å². The number of fused-ring (bicyclic) bond motifs is 6. The lowest BCUT2D eigenvalue weighted by atomic mass is 9.67. The number of pyridine rings is 5. The summed E-state index contributed by atoms with van der Waals surface area (Å²) in [6.45, 7) is 60.2. The van der Waals surface area contributed by atoms with Crippen molar-refractivity contribution >= 4 is 0 Å². The monoisotopic (exact) mass is 1580 g/mol. The Labute approximate surface area is 697 Å². The normalized spacial score (nSPS) is 20.2. The molecule has 11 aromatic heterocycles. The number of hydrogen-bond acceptors (Lipinski definition) is 23. The van der Waals surface area contributed by atoms with Crippen molar-refractivity contribution in [3.63, 3.8) is 0 Å². The summed E-state index contributed by atoms with van der Waals surface area (Å²) >= 11 is 0. The van der Waals surface area contributed by atoms with Crippen LogP contribution in [0.1, 0.15) is 338 Å². The average Bonchev–Trinajstić information content (AvgIpc) is 0.773. The summed E-state index contributed by atoms with van der Waals surface area (Å²) in [6.07, 6.45) is 12.8. The van der Waals surface area contributed by atoms with Gasteiger partial charge in [-0.1, -0.05) is 211 Å². The van der Waals surface area contributed by atoms with Crippen molar-refractivity contribution in [3.05, 3.63) is 159 Å². The van der Waals surface area contributed by atoms with Crippen LogP contribution in [0.3, 0.4) is 0 Å². The third kappa shape index (κ3) is 15.7. The Hall–Kier alpha value is -10.2. The number of rotatable bonds is 8. The molecule has 0 aromatic carbocycles. The van der Waals surface area contributed by atoms with E-state index in [9.17, 15) is 0 Å². The van der Waals surface area contributed by atoms with Crippen LogP contribution in [0.25, 0.3) is 91.9 Å². The third-order valence-electron chi connectivity index (χ3n) is 26.7. The first-order chi connectivity index (χ1) is 54.9. The summed E-state index contributed by atoms with van der Waals surface area (Å²) in [7, 11) is 0. The molecule has 23 nitrogen and oxygen atoms in total. The summed E-state index contributed by atoms with van der Waals surface area (Å²) in [6, 6.07) is 27.6. The van der Waals surface area contributed by atoms with Crippen molar-refractivity contribution in [2.45, 2.75) is 334 Å². The van der Waals surface area contributed by atoms with E-state index in [4.69, 9.17) is 65.0 Å². The molecule has 118 heavy (non-hydrogen) atoms. The van der Waals surface area contributed by atoms with Crippen LogP contribution in [-0.2, 0) is 70.4 Å². The van der Waals surface area contributed by atoms with E-state index in [1.165, 1.54) is 0 Å². The van der Waals surface area contributed by atoms with Gasteiger partial charge in [-0.3, -0.25) is 0 Å². The Kier molecular flexibility index (Phi) is 20.2. The summed E-state index contributed by atoms with van der Waals surface area (Å²) < 4.78 is 0. The third-order valence-corrected chi connectivity index (χ3v) is 26.7. The van der Waals surface area contributed by atoms with Gasteiger partial charge >= 0.3 is 0 Å². The molecular formula is C95H119N23. The Morgan fingerprint density at radius 1 is 0.178 bits per heavy atom. The number of aromatic nitrogens is 23. The largest absolute Gasteiger partial charge is 0.243 e. The molecule has 0 spiro atoms. The maximum atomic E-state index is 5.14. The molecule has 0 N–H and O–H groups in total. The maximum absolute atomic E-state index is 5.14. The molecule has 0 amide bonds. The number of hydrogen-bond donors (Lipinski definition) is 0. The van der Waals surface area contributed by atoms with Crippen molar-refractivity contribution in [1.29, 1.82) is 0 Å². The molecule has 614 valence electrons. The van der Waals surface area contributed by atoms with Crippen LogP contribution < -0.4 is 0 Å². The first-order valence-electron chi connectivity index (χ1n) is 42.4. The molecule has 11 aromatic rings. The Bertz CT molecular complexity index is 5540. The predicted octanol–water partition coefficient (Wildman–Crippen LogP) is 19.9. The van der Waals surface area contributed by atoms with Gasteiger partial charge in [0.15, 0.2) is 0 Å². The summed E-state index contributed by atoms with van der Waals surface area (Å²) in [5.41, 5.74) is 19.5. The van der Waals surface area contributed by atoms with Crippen LogP contribution in [0.4, 0.5) is 0 Å². The van der Waals surface area contributed by atoms with Crippen LogP contribution in [0, 0.1) is 0 Å². The van der Waals surface area contributed by atoms with Crippen molar-refractivity contribution < 1.29 is 0 Å². The Morgan fingerprint density at radius 2 is 0.331 bits per heavy atom. The standard InChI is InChI=1S/C36H46N8.C32H38N8.C27H35N7/c1-32(2,3)21-19-24(38-25(20-21)31-40-27-29(42-44-31)36(10,11)18-16-34(27,6)7)22-13-12-14-23(37-22)30-39-26-28(41-43-30)35(8,9)17-15-33(26,4)5;1-29(2)15-17-31(5,6)25-23(29)35-27(39-37-25)21-13-9-11-19(33-21)20-12-10-14-22(34-20)28-36-24-26(38-40-28)32(7,8)18-16-30(24,3)4;1-24(2)12-14-26(5,6)20-18(24)29-22(33-31-20)16-10-9-11-17(28-16)23-30-19-21(32-34-23)27(7,8)15-13-25(19,3)4/h12-14,19-20H,15-18H2,1-11H3;9-14H,15-18H2,1-8H3;9-11H,12-15H2,1-8H3. The van der Waals surface area contributed by atoms with Gasteiger partial charge in [0.1, 0.15) is 34.2 Å². The van der Waals surface area contributed by atoms with Gasteiger partial charge in [0.25, 0.3) is 0 Å². The zero-order chi connectivity index (χ0) is 84.9. The maximum Gasteiger partial charge on any atom is 0.200 e. The molecule has 0 unspecified atom stereocenters. The van der Waals surface area contributed by atoms with Gasteiger partial charge in [0, 0.05) is 65.0 Å². The fraction of sp³-hybridized carbons (Fsp3) is 0.547. The molecule has 0 fully saturated rings. The quantitative estimate of drug-likeness (QED) is 0.136. The van der Waals surface area contributed by atoms with Crippen LogP contribution >= 0.6 is 0 Å². The molecule has 6 aliphatic carbocycles. The van der Waals surface area contributed by atoms with E-state index in [1.807, 2.05) is 72.8 Å². The summed E-state index contributed by atoms with van der Waals surface area (Å²) in [5, 5.41) is 55.3. The van der Waals surface area contributed by atoms with Crippen molar-refractivity contribution in [2.75, 3.05) is 0 Å². The highest BCUT2D eigenvalue weighted by Gasteiger charge is 2.47. The lowest BCUT2D eigenvalue weighted by molar-refractivity contribution is 0.310. The minimum absolute atomic E-state index is 0.0259. The molecule has 0 radical (unpaired) electrons. The topological polar surface area (TPSA) is 296 Å². The van der Waals surface area contributed by atoms with E-state index in [1.54, 1.807) is 0 Å². The van der Waals surface area contributed by atoms with Crippen LogP contribution in [0.15, 0.2) is 84.9 Å². The van der Waals surface area contributed by atoms with E-state index in [-0.39, 0.29) is 70.4 Å². The van der Waals surface area contributed by atoms with E-state index >= 15 is 0 Å². The lowest BCUT2D eigenvalue weighted by Crippen LogP contribution is -2.36. The summed E-state index contributed by atoms with van der Waals surface area (Å²) in [4.78, 5) is 55.0. The lowest BCUT2D eigenvalue weighted by Gasteiger charge is -2.39. The minimum Gasteiger partial charge on any atom is -0.243 e. The van der Waals surface area contributed by atoms with Gasteiger partial charge in [-0.25, -0.2) is 54.8 Å². The molecule has 6 aliphatic rings. The zero-order valence-electron chi connectivity index (χ0n) is 74.9. The first-order valence-corrected chi connectivity index (χ1v) is 42.4. The Morgan fingerprint density at radius 3 is 0.534 bits per heavy atom. The molecule has 0 saturated heterocycles.